The minimum Gasteiger partial charge on any atom is -0.274 e. The molecule has 0 aliphatic heterocycles. The molecule has 5 heavy (non-hydrogen) atoms. The topological polar surface area (TPSA) is 29.1 Å². The van der Waals surface area contributed by atoms with Crippen molar-refractivity contribution in [3.63, 3.8) is 0 Å². The van der Waals surface area contributed by atoms with E-state index in [1.54, 1.807) is 0 Å². The maximum absolute atomic E-state index is 9.57. The Hall–Kier alpha value is -0.240. The van der Waals surface area contributed by atoms with Crippen LogP contribution in [0.5, 0.6) is 0 Å². The summed E-state index contributed by atoms with van der Waals surface area (Å²) in [4.78, 5) is 11.4. The first kappa shape index (κ1) is 4.76. The number of hydrogen-bond donors (Lipinski definition) is 1. The van der Waals surface area contributed by atoms with E-state index in [4.69, 9.17) is 11.8 Å². The summed E-state index contributed by atoms with van der Waals surface area (Å²) in [5.74, 6) is -0.230. The summed E-state index contributed by atoms with van der Waals surface area (Å²) < 4.78 is 0. The van der Waals surface area contributed by atoms with Crippen molar-refractivity contribution in [3.05, 3.63) is 0 Å². The van der Waals surface area contributed by atoms with Crippen molar-refractivity contribution in [2.75, 3.05) is 0 Å². The largest absolute Gasteiger partial charge is 0.274 e. The van der Waals surface area contributed by atoms with Crippen molar-refractivity contribution in [1.82, 2.24) is 4.84 Å². The Bertz CT molecular complexity index is 44.9. The van der Waals surface area contributed by atoms with Crippen molar-refractivity contribution < 1.29 is 4.79 Å². The van der Waals surface area contributed by atoms with Gasteiger partial charge in [-0.05, 0) is 0 Å². The molecule has 0 saturated carbocycles. The summed E-state index contributed by atoms with van der Waals surface area (Å²) >= 11 is 4.74. The molecule has 0 aromatic carbocycles. The molecule has 0 aliphatic carbocycles. The highest BCUT2D eigenvalue weighted by Gasteiger charge is 1.75. The van der Waals surface area contributed by atoms with Gasteiger partial charge >= 0.3 is 0 Å². The van der Waals surface area contributed by atoms with E-state index in [0.717, 1.165) is 0 Å². The predicted octanol–water partition coefficient (Wildman–Crippen LogP) is 0.276. The molecule has 0 aromatic heterocycles. The van der Waals surface area contributed by atoms with Gasteiger partial charge < -0.3 is 0 Å². The molecule has 0 heterocycles. The average molecular weight is 93.5 g/mol. The summed E-state index contributed by atoms with van der Waals surface area (Å²) in [5, 5.41) is 0. The van der Waals surface area contributed by atoms with Gasteiger partial charge in [-0.25, -0.2) is 0 Å². The number of rotatable bonds is 0. The van der Waals surface area contributed by atoms with Gasteiger partial charge in [-0.1, -0.05) is 0 Å². The first-order valence-corrected chi connectivity index (χ1v) is 1.52. The fourth-order valence-corrected chi connectivity index (χ4v) is 0. The van der Waals surface area contributed by atoms with Gasteiger partial charge in [0.05, 0.1) is 0 Å². The zero-order valence-electron chi connectivity index (χ0n) is 2.79. The van der Waals surface area contributed by atoms with E-state index in [1.807, 2.05) is 4.84 Å². The van der Waals surface area contributed by atoms with E-state index in [1.165, 1.54) is 6.92 Å². The maximum atomic E-state index is 9.57. The summed E-state index contributed by atoms with van der Waals surface area (Å²) in [6, 6.07) is 0. The van der Waals surface area contributed by atoms with Gasteiger partial charge in [0.1, 0.15) is 0 Å². The van der Waals surface area contributed by atoms with Crippen LogP contribution >= 0.6 is 11.8 Å². The van der Waals surface area contributed by atoms with Crippen LogP contribution in [-0.4, -0.2) is 5.91 Å². The summed E-state index contributed by atoms with van der Waals surface area (Å²) in [6.07, 6.45) is 0. The number of carbonyl (C=O) groups excluding carboxylic acids is 1. The highest BCUT2D eigenvalue weighted by molar-refractivity contribution is 6.20. The summed E-state index contributed by atoms with van der Waals surface area (Å²) in [7, 11) is 0. The molecule has 30 valence electrons. The molecular weight excluding hydrogens is 89.5 g/mol. The van der Waals surface area contributed by atoms with Crippen molar-refractivity contribution >= 4 is 17.7 Å². The van der Waals surface area contributed by atoms with Crippen LogP contribution < -0.4 is 4.84 Å². The molecule has 0 aromatic rings. The Balaban J connectivity index is 2.85. The minimum absolute atomic E-state index is 0.230. The van der Waals surface area contributed by atoms with Gasteiger partial charge in [0.15, 0.2) is 0 Å². The van der Waals surface area contributed by atoms with E-state index in [0.29, 0.717) is 0 Å². The Morgan fingerprint density at radius 1 is 2.00 bits per heavy atom. The first-order chi connectivity index (χ1) is 2.27. The summed E-state index contributed by atoms with van der Waals surface area (Å²) in [5.41, 5.74) is 0. The van der Waals surface area contributed by atoms with Crippen LogP contribution in [0.25, 0.3) is 0 Å². The van der Waals surface area contributed by atoms with Crippen LogP contribution in [0.15, 0.2) is 0 Å². The monoisotopic (exact) mass is 93.0 g/mol. The van der Waals surface area contributed by atoms with Gasteiger partial charge in [0.2, 0.25) is 5.91 Å². The Labute approximate surface area is 35.2 Å². The van der Waals surface area contributed by atoms with Crippen LogP contribution in [-0.2, 0) is 4.79 Å². The molecular formula is C2H4ClNO. The van der Waals surface area contributed by atoms with E-state index in [2.05, 4.69) is 0 Å². The van der Waals surface area contributed by atoms with Crippen LogP contribution in [0.2, 0.25) is 0 Å². The van der Waals surface area contributed by atoms with Crippen molar-refractivity contribution in [2.45, 2.75) is 6.92 Å². The average Bonchev–Trinajstić information content (AvgIpc) is 1.38. The van der Waals surface area contributed by atoms with Gasteiger partial charge in [-0.15, -0.1) is 0 Å². The second-order valence-corrected chi connectivity index (χ2v) is 0.840. The third kappa shape index (κ3) is 3.76. The van der Waals surface area contributed by atoms with Crippen LogP contribution in [0.4, 0.5) is 0 Å². The normalized spacial score (nSPS) is 6.80. The van der Waals surface area contributed by atoms with Crippen molar-refractivity contribution in [3.8, 4) is 0 Å². The lowest BCUT2D eigenvalue weighted by molar-refractivity contribution is -0.117. The van der Waals surface area contributed by atoms with E-state index in [9.17, 15) is 4.79 Å². The van der Waals surface area contributed by atoms with Gasteiger partial charge in [-0.2, -0.15) is 0 Å². The number of amides is 1. The van der Waals surface area contributed by atoms with Crippen LogP contribution in [0, 0.1) is 0 Å². The first-order valence-electron chi connectivity index (χ1n) is 1.14. The fourth-order valence-electron chi connectivity index (χ4n) is 0. The molecule has 1 N–H and O–H groups in total. The maximum Gasteiger partial charge on any atom is 0.231 e. The van der Waals surface area contributed by atoms with Gasteiger partial charge in [0.25, 0.3) is 0 Å². The number of halogens is 1. The molecule has 0 bridgehead atoms. The fraction of sp³-hybridized carbons (Fsp3) is 0.500. The molecule has 0 unspecified atom stereocenters. The molecule has 0 rings (SSSR count). The van der Waals surface area contributed by atoms with Crippen molar-refractivity contribution in [2.24, 2.45) is 0 Å². The van der Waals surface area contributed by atoms with Gasteiger partial charge in [-0.3, -0.25) is 9.63 Å². The number of nitrogens with one attached hydrogen (secondary N) is 1. The molecule has 0 spiro atoms. The quantitative estimate of drug-likeness (QED) is 0.428. The summed E-state index contributed by atoms with van der Waals surface area (Å²) in [6.45, 7) is 1.34. The van der Waals surface area contributed by atoms with Crippen LogP contribution in [0.3, 0.4) is 0 Å². The Morgan fingerprint density at radius 2 is 2.20 bits per heavy atom. The number of hydrogen-bond acceptors (Lipinski definition) is 1. The molecule has 1 amide bonds. The van der Waals surface area contributed by atoms with E-state index < -0.39 is 0 Å². The molecule has 2 nitrogen and oxygen atoms in total. The smallest absolute Gasteiger partial charge is 0.231 e. The second-order valence-electron chi connectivity index (χ2n) is 0.651. The third-order valence-corrected chi connectivity index (χ3v) is 0.399. The zero-order valence-corrected chi connectivity index (χ0v) is 3.54. The molecule has 0 radical (unpaired) electrons. The van der Waals surface area contributed by atoms with Crippen molar-refractivity contribution in [1.29, 1.82) is 0 Å². The van der Waals surface area contributed by atoms with E-state index >= 15 is 0 Å². The minimum atomic E-state index is -0.230. The standard InChI is InChI=1S/C2H4ClNO/c1-2(5)4-3/h1H3,(H,4,5). The lowest BCUT2D eigenvalue weighted by atomic mass is 10.8. The van der Waals surface area contributed by atoms with Crippen LogP contribution in [0.1, 0.15) is 6.92 Å². The molecule has 0 saturated heterocycles. The molecule has 0 aliphatic rings. The molecule has 0 fully saturated rings. The molecule has 3 heteroatoms. The highest BCUT2D eigenvalue weighted by Crippen LogP contribution is 1.58. The highest BCUT2D eigenvalue weighted by atomic mass is 35.5. The lowest BCUT2D eigenvalue weighted by Crippen LogP contribution is -2.04. The molecule has 0 atom stereocenters. The van der Waals surface area contributed by atoms with Gasteiger partial charge in [0, 0.05) is 18.7 Å². The second kappa shape index (κ2) is 2.03. The zero-order chi connectivity index (χ0) is 4.28. The Kier molecular flexibility index (Phi) is 1.93. The predicted molar refractivity (Wildman–Crippen MR) is 19.7 cm³/mol. The SMILES string of the molecule is CC(=O)NCl. The lowest BCUT2D eigenvalue weighted by Gasteiger charge is -1.76. The third-order valence-electron chi connectivity index (χ3n) is 0.133. The van der Waals surface area contributed by atoms with E-state index in [-0.39, 0.29) is 5.91 Å². The number of carbonyl (C=O) groups is 1. The Morgan fingerprint density at radius 3 is 2.20 bits per heavy atom.